The lowest BCUT2D eigenvalue weighted by atomic mass is 9.92. The molecule has 1 unspecified atom stereocenters. The quantitative estimate of drug-likeness (QED) is 0.667. The van der Waals surface area contributed by atoms with Crippen molar-refractivity contribution >= 4 is 11.9 Å². The van der Waals surface area contributed by atoms with Gasteiger partial charge in [-0.2, -0.15) is 0 Å². The molecule has 1 aliphatic heterocycles. The van der Waals surface area contributed by atoms with Crippen molar-refractivity contribution in [3.63, 3.8) is 0 Å². The summed E-state index contributed by atoms with van der Waals surface area (Å²) < 4.78 is 0. The summed E-state index contributed by atoms with van der Waals surface area (Å²) in [7, 11) is 1.86. The van der Waals surface area contributed by atoms with Crippen LogP contribution in [0.2, 0.25) is 0 Å². The molecule has 1 aliphatic rings. The molecular formula is C12H21N3. The molecule has 0 aromatic carbocycles. The van der Waals surface area contributed by atoms with E-state index >= 15 is 0 Å². The molecule has 0 spiro atoms. The zero-order valence-electron chi connectivity index (χ0n) is 9.88. The number of rotatable bonds is 5. The summed E-state index contributed by atoms with van der Waals surface area (Å²) >= 11 is 0. The zero-order valence-corrected chi connectivity index (χ0v) is 9.88. The van der Waals surface area contributed by atoms with Gasteiger partial charge in [0.05, 0.1) is 0 Å². The maximum Gasteiger partial charge on any atom is 0.0423 e. The van der Waals surface area contributed by atoms with E-state index in [0.717, 1.165) is 25.0 Å². The third-order valence-corrected chi connectivity index (χ3v) is 2.91. The molecule has 0 saturated heterocycles. The molecular weight excluding hydrogens is 186 g/mol. The van der Waals surface area contributed by atoms with Crippen molar-refractivity contribution < 1.29 is 0 Å². The Hall–Kier alpha value is -1.12. The molecule has 0 aromatic heterocycles. The lowest BCUT2D eigenvalue weighted by Crippen LogP contribution is -2.10. The van der Waals surface area contributed by atoms with Crippen molar-refractivity contribution in [2.45, 2.75) is 26.7 Å². The Morgan fingerprint density at radius 3 is 2.87 bits per heavy atom. The van der Waals surface area contributed by atoms with E-state index in [0.29, 0.717) is 11.8 Å². The second kappa shape index (κ2) is 5.69. The first-order valence-electron chi connectivity index (χ1n) is 5.56. The molecule has 1 rings (SSSR count). The summed E-state index contributed by atoms with van der Waals surface area (Å²) in [5.74, 6) is 1.42. The smallest absolute Gasteiger partial charge is 0.0423 e. The second-order valence-corrected chi connectivity index (χ2v) is 4.44. The van der Waals surface area contributed by atoms with Crippen molar-refractivity contribution in [1.82, 2.24) is 5.32 Å². The van der Waals surface area contributed by atoms with Gasteiger partial charge in [-0.1, -0.05) is 13.8 Å². The van der Waals surface area contributed by atoms with Crippen LogP contribution in [0.25, 0.3) is 0 Å². The highest BCUT2D eigenvalue weighted by atomic mass is 14.8. The molecule has 0 aromatic rings. The summed E-state index contributed by atoms with van der Waals surface area (Å²) in [4.78, 5) is 4.55. The van der Waals surface area contributed by atoms with Gasteiger partial charge in [-0.25, -0.2) is 0 Å². The standard InChI is InChI=1S/C12H21N3/c1-9(2)11-5-12(15-8-11)4-10(6-13)7-14-3/h6-7,9,11,13-14H,4-5,8H2,1-3H3/b10-7-,13-6?. The Labute approximate surface area is 92.2 Å². The number of aliphatic imine (C=N–C) groups is 1. The molecule has 0 radical (unpaired) electrons. The van der Waals surface area contributed by atoms with Crippen LogP contribution >= 0.6 is 0 Å². The monoisotopic (exact) mass is 207 g/mol. The average Bonchev–Trinajstić information content (AvgIpc) is 2.65. The highest BCUT2D eigenvalue weighted by Gasteiger charge is 2.21. The van der Waals surface area contributed by atoms with Crippen molar-refractivity contribution in [1.29, 1.82) is 5.41 Å². The SMILES string of the molecule is CN/C=C(\C=N)CC1=NCC(C(C)C)C1. The van der Waals surface area contributed by atoms with Gasteiger partial charge in [0.25, 0.3) is 0 Å². The van der Waals surface area contributed by atoms with Gasteiger partial charge >= 0.3 is 0 Å². The average molecular weight is 207 g/mol. The highest BCUT2D eigenvalue weighted by molar-refractivity contribution is 5.93. The van der Waals surface area contributed by atoms with Crippen LogP contribution < -0.4 is 5.32 Å². The van der Waals surface area contributed by atoms with E-state index in [4.69, 9.17) is 5.41 Å². The predicted octanol–water partition coefficient (Wildman–Crippen LogP) is 2.25. The van der Waals surface area contributed by atoms with Crippen LogP contribution in [0.15, 0.2) is 16.8 Å². The Morgan fingerprint density at radius 2 is 2.40 bits per heavy atom. The van der Waals surface area contributed by atoms with Crippen molar-refractivity contribution in [2.75, 3.05) is 13.6 Å². The minimum Gasteiger partial charge on any atom is -0.394 e. The van der Waals surface area contributed by atoms with Gasteiger partial charge in [-0.15, -0.1) is 0 Å². The molecule has 1 atom stereocenters. The Morgan fingerprint density at radius 1 is 1.67 bits per heavy atom. The van der Waals surface area contributed by atoms with Crippen LogP contribution in [0.5, 0.6) is 0 Å². The molecule has 0 aliphatic carbocycles. The Balaban J connectivity index is 2.48. The molecule has 0 fully saturated rings. The highest BCUT2D eigenvalue weighted by Crippen LogP contribution is 2.24. The number of nitrogens with one attached hydrogen (secondary N) is 2. The van der Waals surface area contributed by atoms with Crippen LogP contribution in [0.4, 0.5) is 0 Å². The van der Waals surface area contributed by atoms with E-state index < -0.39 is 0 Å². The minimum absolute atomic E-state index is 0.710. The van der Waals surface area contributed by atoms with Gasteiger partial charge < -0.3 is 10.7 Å². The van der Waals surface area contributed by atoms with E-state index in [1.807, 2.05) is 13.2 Å². The fourth-order valence-electron chi connectivity index (χ4n) is 1.82. The topological polar surface area (TPSA) is 48.2 Å². The first-order chi connectivity index (χ1) is 7.17. The van der Waals surface area contributed by atoms with Crippen molar-refractivity contribution in [3.05, 3.63) is 11.8 Å². The Kier molecular flexibility index (Phi) is 4.53. The molecule has 3 heteroatoms. The number of hydrogen-bond donors (Lipinski definition) is 2. The molecule has 3 nitrogen and oxygen atoms in total. The lowest BCUT2D eigenvalue weighted by molar-refractivity contribution is 0.425. The van der Waals surface area contributed by atoms with E-state index in [-0.39, 0.29) is 0 Å². The molecule has 15 heavy (non-hydrogen) atoms. The number of nitrogens with zero attached hydrogens (tertiary/aromatic N) is 1. The fraction of sp³-hybridized carbons (Fsp3) is 0.667. The summed E-state index contributed by atoms with van der Waals surface area (Å²) in [5.41, 5.74) is 2.25. The summed E-state index contributed by atoms with van der Waals surface area (Å²) in [6, 6.07) is 0. The zero-order chi connectivity index (χ0) is 11.3. The van der Waals surface area contributed by atoms with Crippen LogP contribution in [0.1, 0.15) is 26.7 Å². The lowest BCUT2D eigenvalue weighted by Gasteiger charge is -2.12. The maximum absolute atomic E-state index is 7.27. The third-order valence-electron chi connectivity index (χ3n) is 2.91. The van der Waals surface area contributed by atoms with Crippen LogP contribution in [0.3, 0.4) is 0 Å². The molecule has 1 heterocycles. The minimum atomic E-state index is 0.710. The Bertz CT molecular complexity index is 277. The summed E-state index contributed by atoms with van der Waals surface area (Å²) in [6.45, 7) is 5.48. The van der Waals surface area contributed by atoms with Crippen molar-refractivity contribution in [2.24, 2.45) is 16.8 Å². The summed E-state index contributed by atoms with van der Waals surface area (Å²) in [6.07, 6.45) is 5.21. The number of allylic oxidation sites excluding steroid dienone is 1. The van der Waals surface area contributed by atoms with Gasteiger partial charge in [0.2, 0.25) is 0 Å². The first-order valence-corrected chi connectivity index (χ1v) is 5.56. The first kappa shape index (κ1) is 12.0. The van der Waals surface area contributed by atoms with Crippen LogP contribution in [0, 0.1) is 17.2 Å². The summed E-state index contributed by atoms with van der Waals surface area (Å²) in [5, 5.41) is 10.2. The molecule has 84 valence electrons. The molecule has 0 saturated carbocycles. The van der Waals surface area contributed by atoms with Gasteiger partial charge in [0.15, 0.2) is 0 Å². The van der Waals surface area contributed by atoms with Crippen molar-refractivity contribution in [3.8, 4) is 0 Å². The van der Waals surface area contributed by atoms with E-state index in [9.17, 15) is 0 Å². The fourth-order valence-corrected chi connectivity index (χ4v) is 1.82. The van der Waals surface area contributed by atoms with E-state index in [1.165, 1.54) is 11.9 Å². The molecule has 2 N–H and O–H groups in total. The number of hydrogen-bond acceptors (Lipinski definition) is 3. The van der Waals surface area contributed by atoms with Crippen LogP contribution in [-0.2, 0) is 0 Å². The van der Waals surface area contributed by atoms with Crippen LogP contribution in [-0.4, -0.2) is 25.5 Å². The van der Waals surface area contributed by atoms with Gasteiger partial charge in [0, 0.05) is 38.1 Å². The van der Waals surface area contributed by atoms with Gasteiger partial charge in [-0.05, 0) is 23.8 Å². The van der Waals surface area contributed by atoms with Gasteiger partial charge in [-0.3, -0.25) is 4.99 Å². The van der Waals surface area contributed by atoms with E-state index in [1.54, 1.807) is 0 Å². The third kappa shape index (κ3) is 3.50. The largest absolute Gasteiger partial charge is 0.394 e. The second-order valence-electron chi connectivity index (χ2n) is 4.44. The predicted molar refractivity (Wildman–Crippen MR) is 65.8 cm³/mol. The van der Waals surface area contributed by atoms with E-state index in [2.05, 4.69) is 24.2 Å². The maximum atomic E-state index is 7.27. The normalized spacial score (nSPS) is 21.7. The molecule has 0 bridgehead atoms. The molecule has 0 amide bonds. The van der Waals surface area contributed by atoms with Gasteiger partial charge in [0.1, 0.15) is 0 Å².